The highest BCUT2D eigenvalue weighted by Gasteiger charge is 2.43. The minimum Gasteiger partial charge on any atom is -0.481 e. The first-order valence-electron chi connectivity index (χ1n) is 19.9. The highest BCUT2D eigenvalue weighted by Crippen LogP contribution is 2.32. The Morgan fingerprint density at radius 3 is 1.49 bits per heavy atom. The van der Waals surface area contributed by atoms with Gasteiger partial charge in [-0.05, 0) is 157 Å². The van der Waals surface area contributed by atoms with E-state index in [1.165, 1.54) is 0 Å². The number of esters is 2. The summed E-state index contributed by atoms with van der Waals surface area (Å²) in [5.74, 6) is -3.16. The van der Waals surface area contributed by atoms with E-state index in [2.05, 4.69) is 15.1 Å². The van der Waals surface area contributed by atoms with Crippen molar-refractivity contribution in [2.75, 3.05) is 65.7 Å². The number of halogens is 2. The third-order valence-electron chi connectivity index (χ3n) is 10.3. The fourth-order valence-electron chi connectivity index (χ4n) is 6.26. The van der Waals surface area contributed by atoms with Crippen LogP contribution in [0.4, 0.5) is 11.4 Å². The molecule has 2 aliphatic heterocycles. The molecule has 2 fully saturated rings. The van der Waals surface area contributed by atoms with E-state index in [0.29, 0.717) is 56.4 Å². The normalized spacial score (nSPS) is 16.5. The molecule has 2 aromatic rings. The molecule has 15 heteroatoms. The van der Waals surface area contributed by atoms with E-state index in [-0.39, 0.29) is 35.8 Å². The van der Waals surface area contributed by atoms with E-state index >= 15 is 0 Å². The average Bonchev–Trinajstić information content (AvgIpc) is 3.04. The number of amides is 1. The number of ether oxygens (including phenoxy) is 4. The number of aliphatic carboxylic acids is 1. The molecule has 0 radical (unpaired) electrons. The second-order valence-corrected chi connectivity index (χ2v) is 18.9. The van der Waals surface area contributed by atoms with Gasteiger partial charge < -0.3 is 35.1 Å². The van der Waals surface area contributed by atoms with Crippen LogP contribution < -0.4 is 11.1 Å². The van der Waals surface area contributed by atoms with Crippen molar-refractivity contribution in [3.63, 3.8) is 0 Å². The topological polar surface area (TPSA) is 170 Å². The van der Waals surface area contributed by atoms with Crippen molar-refractivity contribution < 1.29 is 43.2 Å². The molecule has 2 aliphatic rings. The number of nitrogen functional groups attached to an aromatic ring is 1. The van der Waals surface area contributed by atoms with Gasteiger partial charge in [0.15, 0.2) is 0 Å². The SMILES string of the molecule is CN(C)C1(CCC(CC(=O)OC(C)(C)C)C(=O)O)COC1.Cc1cc(N)ccc1Cl.Cc1cc(NC(=O)C(CCC2(N(C)C)COC2)CC(=O)OC(C)(C)C)ccc1Cl. The Kier molecular flexibility index (Phi) is 19.6. The van der Waals surface area contributed by atoms with E-state index in [1.807, 2.05) is 74.9 Å². The number of hydrogen-bond acceptors (Lipinski definition) is 11. The number of carboxylic acids is 1. The molecule has 2 heterocycles. The van der Waals surface area contributed by atoms with Gasteiger partial charge >= 0.3 is 17.9 Å². The van der Waals surface area contributed by atoms with Crippen LogP contribution in [0.25, 0.3) is 0 Å². The second kappa shape index (κ2) is 22.4. The predicted molar refractivity (Wildman–Crippen MR) is 234 cm³/mol. The first-order valence-corrected chi connectivity index (χ1v) is 20.7. The molecule has 0 saturated carbocycles. The standard InChI is InChI=1S/C22H33ClN2O4.C15H27NO5.C7H8ClN/c1-15-11-17(7-8-18(15)23)24-20(27)16(12-19(26)29-21(2,3)4)9-10-22(25(5)6)13-28-14-22;1-14(2,3)21-12(17)8-11(13(18)19)6-7-15(16(4)5)9-20-10-15;1-5-4-6(9)2-3-7(5)8/h7-8,11,16H,9-10,12-14H2,1-6H3,(H,24,27);11H,6-10H2,1-5H3,(H,18,19);2-4H,9H2,1H3. The van der Waals surface area contributed by atoms with Gasteiger partial charge in [0.1, 0.15) is 11.2 Å². The Morgan fingerprint density at radius 1 is 0.746 bits per heavy atom. The summed E-state index contributed by atoms with van der Waals surface area (Å²) in [6, 6.07) is 10.8. The molecule has 2 saturated heterocycles. The summed E-state index contributed by atoms with van der Waals surface area (Å²) in [6.07, 6.45) is 2.42. The van der Waals surface area contributed by atoms with E-state index in [1.54, 1.807) is 45.0 Å². The van der Waals surface area contributed by atoms with Crippen LogP contribution in [-0.2, 0) is 38.1 Å². The lowest BCUT2D eigenvalue weighted by Crippen LogP contribution is -2.59. The molecule has 0 aliphatic carbocycles. The van der Waals surface area contributed by atoms with Gasteiger partial charge in [0.05, 0.1) is 56.3 Å². The highest BCUT2D eigenvalue weighted by atomic mass is 35.5. The predicted octanol–water partition coefficient (Wildman–Crippen LogP) is 7.81. The third-order valence-corrected chi connectivity index (χ3v) is 11.1. The highest BCUT2D eigenvalue weighted by molar-refractivity contribution is 6.31. The Hall–Kier alpha value is -3.46. The molecule has 4 N–H and O–H groups in total. The molecule has 332 valence electrons. The third kappa shape index (κ3) is 17.6. The van der Waals surface area contributed by atoms with Gasteiger partial charge in [-0.3, -0.25) is 29.0 Å². The number of benzene rings is 2. The first-order chi connectivity index (χ1) is 27.2. The van der Waals surface area contributed by atoms with Crippen molar-refractivity contribution in [1.29, 1.82) is 0 Å². The number of hydrogen-bond donors (Lipinski definition) is 3. The quantitative estimate of drug-likeness (QED) is 0.117. The van der Waals surface area contributed by atoms with Crippen LogP contribution in [0.15, 0.2) is 36.4 Å². The molecule has 2 unspecified atom stereocenters. The average molecular weight is 868 g/mol. The number of carbonyl (C=O) groups is 4. The van der Waals surface area contributed by atoms with Crippen molar-refractivity contribution in [2.24, 2.45) is 11.8 Å². The molecule has 59 heavy (non-hydrogen) atoms. The van der Waals surface area contributed by atoms with Gasteiger partial charge in [0.2, 0.25) is 5.91 Å². The maximum Gasteiger partial charge on any atom is 0.307 e. The number of nitrogens with two attached hydrogens (primary N) is 1. The van der Waals surface area contributed by atoms with Crippen LogP contribution >= 0.6 is 23.2 Å². The van der Waals surface area contributed by atoms with Gasteiger partial charge in [0, 0.05) is 27.3 Å². The smallest absolute Gasteiger partial charge is 0.307 e. The maximum absolute atomic E-state index is 13.0. The Labute approximate surface area is 361 Å². The van der Waals surface area contributed by atoms with Gasteiger partial charge in [0.25, 0.3) is 0 Å². The molecule has 0 spiro atoms. The lowest BCUT2D eigenvalue weighted by Gasteiger charge is -2.47. The number of nitrogens with one attached hydrogen (secondary N) is 1. The van der Waals surface area contributed by atoms with E-state index < -0.39 is 35.0 Å². The molecule has 4 rings (SSSR count). The van der Waals surface area contributed by atoms with E-state index in [9.17, 15) is 24.3 Å². The summed E-state index contributed by atoms with van der Waals surface area (Å²) in [7, 11) is 7.96. The summed E-state index contributed by atoms with van der Waals surface area (Å²) >= 11 is 11.8. The number of anilines is 2. The maximum atomic E-state index is 13.0. The number of carboxylic acid groups (broad SMARTS) is 1. The zero-order valence-electron chi connectivity index (χ0n) is 37.1. The minimum absolute atomic E-state index is 0.0417. The molecule has 1 amide bonds. The van der Waals surface area contributed by atoms with Crippen molar-refractivity contribution in [3.8, 4) is 0 Å². The van der Waals surface area contributed by atoms with Crippen molar-refractivity contribution >= 4 is 58.4 Å². The van der Waals surface area contributed by atoms with Gasteiger partial charge in [-0.2, -0.15) is 0 Å². The largest absolute Gasteiger partial charge is 0.481 e. The van der Waals surface area contributed by atoms with Crippen LogP contribution in [0.2, 0.25) is 10.0 Å². The summed E-state index contributed by atoms with van der Waals surface area (Å²) in [5, 5.41) is 13.6. The Morgan fingerprint density at radius 2 is 1.15 bits per heavy atom. The number of nitrogens with zero attached hydrogens (tertiary/aromatic N) is 2. The minimum atomic E-state index is -0.949. The van der Waals surface area contributed by atoms with Gasteiger partial charge in [-0.25, -0.2) is 0 Å². The summed E-state index contributed by atoms with van der Waals surface area (Å²) < 4.78 is 21.3. The Balaban J connectivity index is 0.000000347. The number of rotatable bonds is 15. The summed E-state index contributed by atoms with van der Waals surface area (Å²) in [4.78, 5) is 52.8. The summed E-state index contributed by atoms with van der Waals surface area (Å²) in [6.45, 7) is 17.1. The lowest BCUT2D eigenvalue weighted by molar-refractivity contribution is -0.161. The van der Waals surface area contributed by atoms with Gasteiger partial charge in [-0.15, -0.1) is 0 Å². The molecular weight excluding hydrogens is 799 g/mol. The Bertz CT molecular complexity index is 1710. The monoisotopic (exact) mass is 866 g/mol. The van der Waals surface area contributed by atoms with E-state index in [4.69, 9.17) is 47.9 Å². The fourth-order valence-corrected chi connectivity index (χ4v) is 6.49. The van der Waals surface area contributed by atoms with Crippen LogP contribution in [0.5, 0.6) is 0 Å². The number of aryl methyl sites for hydroxylation is 2. The van der Waals surface area contributed by atoms with Crippen molar-refractivity contribution in [3.05, 3.63) is 57.6 Å². The number of carbonyl (C=O) groups excluding carboxylic acids is 3. The fraction of sp³-hybridized carbons (Fsp3) is 0.636. The first kappa shape index (κ1) is 51.7. The second-order valence-electron chi connectivity index (χ2n) is 18.1. The van der Waals surface area contributed by atoms with E-state index in [0.717, 1.165) is 28.3 Å². The van der Waals surface area contributed by atoms with Crippen molar-refractivity contribution in [2.45, 2.75) is 116 Å². The zero-order chi connectivity index (χ0) is 44.9. The molecule has 13 nitrogen and oxygen atoms in total. The molecule has 2 atom stereocenters. The molecule has 0 aromatic heterocycles. The van der Waals surface area contributed by atoms with Gasteiger partial charge in [-0.1, -0.05) is 23.2 Å². The zero-order valence-corrected chi connectivity index (χ0v) is 38.6. The van der Waals surface area contributed by atoms with Crippen LogP contribution in [0, 0.1) is 25.7 Å². The summed E-state index contributed by atoms with van der Waals surface area (Å²) in [5.41, 5.74) is 7.45. The van der Waals surface area contributed by atoms with Crippen LogP contribution in [0.1, 0.15) is 91.2 Å². The molecule has 2 aromatic carbocycles. The molecular formula is C44H68Cl2N4O9. The lowest BCUT2D eigenvalue weighted by atomic mass is 9.85. The van der Waals surface area contributed by atoms with Crippen LogP contribution in [-0.4, -0.2) is 116 Å². The number of likely N-dealkylation sites (N-methyl/N-ethyl adjacent to an activating group) is 2. The molecule has 0 bridgehead atoms. The van der Waals surface area contributed by atoms with Crippen molar-refractivity contribution in [1.82, 2.24) is 9.80 Å². The van der Waals surface area contributed by atoms with Crippen LogP contribution in [0.3, 0.4) is 0 Å².